The minimum absolute atomic E-state index is 0. The Balaban J connectivity index is -0.0000000654. The van der Waals surface area contributed by atoms with Crippen molar-refractivity contribution in [2.24, 2.45) is 0 Å². The first-order chi connectivity index (χ1) is 17.8. The third-order valence-corrected chi connectivity index (χ3v) is 6.48. The minimum atomic E-state index is -1.18. The molecule has 0 bridgehead atoms. The molecule has 0 saturated carbocycles. The second-order valence-electron chi connectivity index (χ2n) is 9.42. The number of hydrogen-bond donors (Lipinski definition) is 0. The summed E-state index contributed by atoms with van der Waals surface area (Å²) in [5.41, 5.74) is 0. The molecule has 0 N–H and O–H groups in total. The van der Waals surface area contributed by atoms with Crippen LogP contribution < -0.4 is 49.6 Å². The van der Waals surface area contributed by atoms with Crippen molar-refractivity contribution >= 4 is 17.2 Å². The molecule has 0 aromatic carbocycles. The Hall–Kier alpha value is 1.46. The van der Waals surface area contributed by atoms with Gasteiger partial charge in [-0.25, -0.2) is 0 Å². The van der Waals surface area contributed by atoms with E-state index in [-0.39, 0.29) is 128 Å². The van der Waals surface area contributed by atoms with Crippen molar-refractivity contribution in [2.75, 3.05) is 0 Å². The summed E-state index contributed by atoms with van der Waals surface area (Å²) in [4.78, 5) is 7.57. The van der Waals surface area contributed by atoms with E-state index in [0.717, 1.165) is 0 Å². The van der Waals surface area contributed by atoms with Crippen molar-refractivity contribution in [1.82, 2.24) is 9.97 Å². The maximum atomic E-state index is 5.49. The summed E-state index contributed by atoms with van der Waals surface area (Å²) >= 11 is 0. The Morgan fingerprint density at radius 3 is 0.568 bits per heavy atom. The van der Waals surface area contributed by atoms with Gasteiger partial charge in [0.15, 0.2) is 0 Å². The molecule has 0 radical (unpaired) electrons. The number of rotatable bonds is 12. The van der Waals surface area contributed by atoms with Crippen LogP contribution in [-0.2, 0) is 69.3 Å². The molecule has 0 amide bonds. The first kappa shape index (κ1) is 64.0. The predicted octanol–water partition coefficient (Wildman–Crippen LogP) is -2.85. The zero-order valence-electron chi connectivity index (χ0n) is 27.6. The zero-order chi connectivity index (χ0) is 29.3. The van der Waals surface area contributed by atoms with Crippen LogP contribution >= 0.6 is 17.2 Å². The third-order valence-electron chi connectivity index (χ3n) is 2.91. The molecule has 0 aliphatic heterocycles. The number of nitrogens with zero attached hydrogens (tertiary/aromatic N) is 2. The number of hydrogen-bond acceptors (Lipinski definition) is 8. The average molecular weight is 1110 g/mol. The summed E-state index contributed by atoms with van der Waals surface area (Å²) < 4.78 is 33.0. The molecule has 8 nitrogen and oxygen atoms in total. The summed E-state index contributed by atoms with van der Waals surface area (Å²) in [5, 5.41) is 0. The summed E-state index contributed by atoms with van der Waals surface area (Å²) in [7, 11) is -2.36. The SMILES string of the molecule is CC(C)OP(OC(C)C)OC(C)C.CC(C)OP(OC(C)C)OC(C)C.[Cl-].[Cl-].[Cl-].[Cl-].[Pt+2].[Pt+2].c1ccncc1.c1ccncc1. The predicted molar refractivity (Wildman–Crippen MR) is 160 cm³/mol. The molecule has 0 aliphatic rings. The van der Waals surface area contributed by atoms with Gasteiger partial charge in [0.05, 0.1) is 36.6 Å². The van der Waals surface area contributed by atoms with E-state index in [2.05, 4.69) is 9.97 Å². The van der Waals surface area contributed by atoms with Crippen molar-refractivity contribution in [3.05, 3.63) is 61.2 Å². The fraction of sp³-hybridized carbons (Fsp3) is 0.643. The smallest absolute Gasteiger partial charge is 1.00 e. The standard InChI is InChI=1S/2C9H21O3P.2C5H5N.4ClH.2Pt/c2*1-7(2)10-13(11-8(3)4)12-9(5)6;2*1-2-4-6-5-3-1;;;;;;/h2*7-9H,1-6H3;2*1-5H;4*1H;;/q;;;;;;;;2*+2/p-4. The number of halogens is 4. The number of pyridine rings is 2. The van der Waals surface area contributed by atoms with Gasteiger partial charge in [0, 0.05) is 24.8 Å². The van der Waals surface area contributed by atoms with Crippen LogP contribution in [0.1, 0.15) is 83.1 Å². The van der Waals surface area contributed by atoms with Gasteiger partial charge in [-0.2, -0.15) is 0 Å². The van der Waals surface area contributed by atoms with Crippen LogP contribution in [0, 0.1) is 0 Å². The molecular formula is C28H52Cl4N2O6P2Pt2. The van der Waals surface area contributed by atoms with E-state index in [1.807, 2.05) is 119 Å². The van der Waals surface area contributed by atoms with Gasteiger partial charge in [-0.05, 0) is 107 Å². The van der Waals surface area contributed by atoms with Gasteiger partial charge >= 0.3 is 59.3 Å². The van der Waals surface area contributed by atoms with Crippen molar-refractivity contribution < 1.29 is 119 Å². The second-order valence-corrected chi connectivity index (χ2v) is 11.6. The molecule has 44 heavy (non-hydrogen) atoms. The van der Waals surface area contributed by atoms with Crippen LogP contribution in [0.4, 0.5) is 0 Å². The van der Waals surface area contributed by atoms with E-state index in [4.69, 9.17) is 27.1 Å². The Labute approximate surface area is 324 Å². The van der Waals surface area contributed by atoms with Gasteiger partial charge < -0.3 is 76.8 Å². The van der Waals surface area contributed by atoms with Crippen LogP contribution in [0.5, 0.6) is 0 Å². The van der Waals surface area contributed by atoms with E-state index in [1.54, 1.807) is 24.8 Å². The molecule has 0 aliphatic carbocycles. The fourth-order valence-corrected chi connectivity index (χ4v) is 4.17. The molecular weight excluding hydrogens is 1050 g/mol. The maximum Gasteiger partial charge on any atom is 2.00 e. The minimum Gasteiger partial charge on any atom is -1.00 e. The molecule has 0 fully saturated rings. The van der Waals surface area contributed by atoms with Crippen molar-refractivity contribution in [3.8, 4) is 0 Å². The van der Waals surface area contributed by atoms with Gasteiger partial charge in [0.1, 0.15) is 0 Å². The molecule has 2 heterocycles. The van der Waals surface area contributed by atoms with E-state index < -0.39 is 17.2 Å². The van der Waals surface area contributed by atoms with Crippen molar-refractivity contribution in [2.45, 2.75) is 120 Å². The second kappa shape index (κ2) is 44.5. The average Bonchev–Trinajstić information content (AvgIpc) is 2.80. The zero-order valence-corrected chi connectivity index (χ0v) is 37.0. The summed E-state index contributed by atoms with van der Waals surface area (Å²) in [6.45, 7) is 23.7. The Bertz CT molecular complexity index is 579. The fourth-order valence-electron chi connectivity index (χ4n) is 1.81. The summed E-state index contributed by atoms with van der Waals surface area (Å²) in [5.74, 6) is 0. The Kier molecular flexibility index (Phi) is 64.7. The van der Waals surface area contributed by atoms with Gasteiger partial charge in [-0.1, -0.05) is 12.1 Å². The first-order valence-corrected chi connectivity index (χ1v) is 15.3. The molecule has 0 saturated heterocycles. The normalized spacial score (nSPS) is 9.55. The Morgan fingerprint density at radius 1 is 0.341 bits per heavy atom. The van der Waals surface area contributed by atoms with Gasteiger partial charge in [0.25, 0.3) is 0 Å². The van der Waals surface area contributed by atoms with E-state index >= 15 is 0 Å². The van der Waals surface area contributed by atoms with Gasteiger partial charge in [-0.3, -0.25) is 9.97 Å². The van der Waals surface area contributed by atoms with E-state index in [1.165, 1.54) is 0 Å². The van der Waals surface area contributed by atoms with Gasteiger partial charge in [0.2, 0.25) is 0 Å². The van der Waals surface area contributed by atoms with Crippen LogP contribution in [0.15, 0.2) is 61.2 Å². The Morgan fingerprint density at radius 2 is 0.500 bits per heavy atom. The molecule has 2 aromatic rings. The van der Waals surface area contributed by atoms with Crippen LogP contribution in [-0.4, -0.2) is 46.6 Å². The number of aromatic nitrogens is 2. The van der Waals surface area contributed by atoms with Gasteiger partial charge in [-0.15, -0.1) is 0 Å². The van der Waals surface area contributed by atoms with E-state index in [0.29, 0.717) is 0 Å². The largest absolute Gasteiger partial charge is 2.00 e. The van der Waals surface area contributed by atoms with Crippen molar-refractivity contribution in [1.29, 1.82) is 0 Å². The molecule has 0 atom stereocenters. The molecule has 0 spiro atoms. The molecule has 16 heteroatoms. The molecule has 268 valence electrons. The monoisotopic (exact) mass is 1100 g/mol. The van der Waals surface area contributed by atoms with Crippen LogP contribution in [0.3, 0.4) is 0 Å². The molecule has 0 unspecified atom stereocenters. The third kappa shape index (κ3) is 55.8. The molecule has 2 aromatic heterocycles. The first-order valence-electron chi connectivity index (χ1n) is 13.1. The maximum absolute atomic E-state index is 5.49. The summed E-state index contributed by atoms with van der Waals surface area (Å²) in [6.07, 6.45) is 7.85. The quantitative estimate of drug-likeness (QED) is 0.211. The van der Waals surface area contributed by atoms with Crippen molar-refractivity contribution in [3.63, 3.8) is 0 Å². The summed E-state index contributed by atoms with van der Waals surface area (Å²) in [6, 6.07) is 11.4. The van der Waals surface area contributed by atoms with Crippen LogP contribution in [0.25, 0.3) is 0 Å². The topological polar surface area (TPSA) is 81.2 Å². The molecule has 2 rings (SSSR count). The van der Waals surface area contributed by atoms with E-state index in [9.17, 15) is 0 Å². The van der Waals surface area contributed by atoms with Crippen LogP contribution in [0.2, 0.25) is 0 Å².